The molecule has 1 aliphatic heterocycles. The van der Waals surface area contributed by atoms with E-state index < -0.39 is 16.1 Å². The second-order valence-corrected chi connectivity index (χ2v) is 9.12. The number of aliphatic hydroxyl groups is 1. The van der Waals surface area contributed by atoms with Crippen LogP contribution in [0.25, 0.3) is 0 Å². The number of carbonyl (C=O) groups is 1. The third-order valence-electron chi connectivity index (χ3n) is 4.13. The van der Waals surface area contributed by atoms with E-state index >= 15 is 0 Å². The molecular weight excluding hydrogens is 376 g/mol. The van der Waals surface area contributed by atoms with Crippen molar-refractivity contribution in [3.63, 3.8) is 0 Å². The van der Waals surface area contributed by atoms with E-state index in [9.17, 15) is 18.3 Å². The molecular formula is C17H20N2O5S2. The average Bonchev–Trinajstić information content (AvgIpc) is 3.12. The summed E-state index contributed by atoms with van der Waals surface area (Å²) in [4.78, 5) is 14.1. The fraction of sp³-hybridized carbons (Fsp3) is 0.353. The monoisotopic (exact) mass is 396 g/mol. The summed E-state index contributed by atoms with van der Waals surface area (Å²) < 4.78 is 31.7. The molecule has 2 heterocycles. The number of carbonyl (C=O) groups excluding carboxylic acids is 1. The third-order valence-corrected chi connectivity index (χ3v) is 7.32. The minimum Gasteiger partial charge on any atom is -0.497 e. The summed E-state index contributed by atoms with van der Waals surface area (Å²) in [5.74, 6) is 0.377. The van der Waals surface area contributed by atoms with Gasteiger partial charge < -0.3 is 14.7 Å². The van der Waals surface area contributed by atoms with Crippen LogP contribution >= 0.6 is 11.3 Å². The van der Waals surface area contributed by atoms with Gasteiger partial charge in [0.1, 0.15) is 9.96 Å². The van der Waals surface area contributed by atoms with Gasteiger partial charge in [-0.2, -0.15) is 4.31 Å². The first-order valence-corrected chi connectivity index (χ1v) is 10.3. The molecule has 9 heteroatoms. The van der Waals surface area contributed by atoms with E-state index in [1.165, 1.54) is 11.0 Å². The number of aliphatic hydroxyl groups excluding tert-OH is 1. The van der Waals surface area contributed by atoms with Gasteiger partial charge in [0, 0.05) is 19.6 Å². The molecule has 2 aromatic rings. The van der Waals surface area contributed by atoms with Gasteiger partial charge in [-0.3, -0.25) is 4.79 Å². The number of thiophene rings is 1. The summed E-state index contributed by atoms with van der Waals surface area (Å²) in [5, 5.41) is 11.9. The van der Waals surface area contributed by atoms with Crippen LogP contribution in [0.15, 0.2) is 46.0 Å². The number of ether oxygens (including phenoxy) is 1. The molecule has 26 heavy (non-hydrogen) atoms. The van der Waals surface area contributed by atoms with Crippen molar-refractivity contribution < 1.29 is 23.1 Å². The van der Waals surface area contributed by atoms with E-state index in [0.717, 1.165) is 21.2 Å². The molecule has 0 radical (unpaired) electrons. The van der Waals surface area contributed by atoms with Gasteiger partial charge in [0.15, 0.2) is 0 Å². The van der Waals surface area contributed by atoms with E-state index in [1.807, 2.05) is 12.1 Å². The maximum Gasteiger partial charge on any atom is 0.253 e. The standard InChI is InChI=1S/C17H20N2O5S2/c1-24-15-6-4-13(5-7-15)9-18-10-14(20)11-19(12-16(18)21)26(22,23)17-3-2-8-25-17/h2-8,14,20H,9-12H2,1H3. The number of amides is 1. The molecule has 7 nitrogen and oxygen atoms in total. The van der Waals surface area contributed by atoms with Crippen molar-refractivity contribution in [2.75, 3.05) is 26.7 Å². The minimum atomic E-state index is -3.79. The summed E-state index contributed by atoms with van der Waals surface area (Å²) in [7, 11) is -2.21. The van der Waals surface area contributed by atoms with E-state index in [2.05, 4.69) is 0 Å². The Kier molecular flexibility index (Phi) is 5.61. The average molecular weight is 396 g/mol. The molecule has 1 unspecified atom stereocenters. The van der Waals surface area contributed by atoms with Crippen LogP contribution in [-0.4, -0.2) is 61.5 Å². The maximum absolute atomic E-state index is 12.7. The van der Waals surface area contributed by atoms with Crippen molar-refractivity contribution in [3.05, 3.63) is 47.3 Å². The second kappa shape index (κ2) is 7.75. The number of rotatable bonds is 5. The first kappa shape index (κ1) is 18.8. The zero-order chi connectivity index (χ0) is 18.7. The van der Waals surface area contributed by atoms with E-state index in [-0.39, 0.29) is 29.8 Å². The lowest BCUT2D eigenvalue weighted by Crippen LogP contribution is -2.39. The zero-order valence-electron chi connectivity index (χ0n) is 14.2. The highest BCUT2D eigenvalue weighted by Gasteiger charge is 2.34. The number of nitrogens with zero attached hydrogens (tertiary/aromatic N) is 2. The van der Waals surface area contributed by atoms with Crippen LogP contribution in [0.4, 0.5) is 0 Å². The number of β-amino-alcohol motifs (C(OH)–C–C–N with tert-alkyl or cyclic N) is 1. The largest absolute Gasteiger partial charge is 0.497 e. The molecule has 0 aliphatic carbocycles. The Morgan fingerprint density at radius 2 is 1.96 bits per heavy atom. The van der Waals surface area contributed by atoms with Crippen molar-refractivity contribution in [1.82, 2.24) is 9.21 Å². The number of methoxy groups -OCH3 is 1. The second-order valence-electron chi connectivity index (χ2n) is 6.01. The van der Waals surface area contributed by atoms with Gasteiger partial charge in [-0.1, -0.05) is 18.2 Å². The normalized spacial score (nSPS) is 19.4. The Hall–Kier alpha value is -1.94. The molecule has 3 rings (SSSR count). The number of benzene rings is 1. The molecule has 0 spiro atoms. The fourth-order valence-electron chi connectivity index (χ4n) is 2.79. The van der Waals surface area contributed by atoms with Gasteiger partial charge in [0.05, 0.1) is 19.8 Å². The number of sulfonamides is 1. The fourth-order valence-corrected chi connectivity index (χ4v) is 5.36. The van der Waals surface area contributed by atoms with Crippen LogP contribution < -0.4 is 4.74 Å². The molecule has 0 saturated carbocycles. The first-order chi connectivity index (χ1) is 12.4. The van der Waals surface area contributed by atoms with Crippen molar-refractivity contribution in [2.45, 2.75) is 16.9 Å². The minimum absolute atomic E-state index is 0.0846. The lowest BCUT2D eigenvalue weighted by molar-refractivity contribution is -0.131. The Labute approximate surface area is 156 Å². The molecule has 140 valence electrons. The van der Waals surface area contributed by atoms with Crippen molar-refractivity contribution in [1.29, 1.82) is 0 Å². The lowest BCUT2D eigenvalue weighted by Gasteiger charge is -2.22. The zero-order valence-corrected chi connectivity index (χ0v) is 15.9. The molecule has 1 saturated heterocycles. The molecule has 1 amide bonds. The predicted molar refractivity (Wildman–Crippen MR) is 97.5 cm³/mol. The number of hydrogen-bond acceptors (Lipinski definition) is 6. The van der Waals surface area contributed by atoms with Crippen molar-refractivity contribution in [2.24, 2.45) is 0 Å². The highest BCUT2D eigenvalue weighted by atomic mass is 32.2. The summed E-state index contributed by atoms with van der Waals surface area (Å²) in [6.45, 7) is -0.00731. The summed E-state index contributed by atoms with van der Waals surface area (Å²) >= 11 is 1.09. The van der Waals surface area contributed by atoms with E-state index in [0.29, 0.717) is 12.3 Å². The Morgan fingerprint density at radius 1 is 1.23 bits per heavy atom. The molecule has 1 atom stereocenters. The van der Waals surface area contributed by atoms with Gasteiger partial charge >= 0.3 is 0 Å². The van der Waals surface area contributed by atoms with Crippen molar-refractivity contribution in [3.8, 4) is 5.75 Å². The summed E-state index contributed by atoms with van der Waals surface area (Å²) in [5.41, 5.74) is 0.876. The molecule has 1 aliphatic rings. The Balaban J connectivity index is 1.76. The third kappa shape index (κ3) is 4.07. The van der Waals surface area contributed by atoms with Gasteiger partial charge in [0.25, 0.3) is 10.0 Å². The van der Waals surface area contributed by atoms with Crippen LogP contribution in [0.3, 0.4) is 0 Å². The highest BCUT2D eigenvalue weighted by molar-refractivity contribution is 7.91. The number of hydrogen-bond donors (Lipinski definition) is 1. The first-order valence-electron chi connectivity index (χ1n) is 8.02. The Morgan fingerprint density at radius 3 is 2.58 bits per heavy atom. The van der Waals surface area contributed by atoms with Crippen LogP contribution in [0.2, 0.25) is 0 Å². The van der Waals surface area contributed by atoms with Crippen LogP contribution in [0.1, 0.15) is 5.56 Å². The predicted octanol–water partition coefficient (Wildman–Crippen LogP) is 1.15. The molecule has 1 aromatic carbocycles. The van der Waals surface area contributed by atoms with Crippen LogP contribution in [-0.2, 0) is 21.4 Å². The molecule has 1 fully saturated rings. The van der Waals surface area contributed by atoms with E-state index in [1.54, 1.807) is 30.7 Å². The topological polar surface area (TPSA) is 87.2 Å². The van der Waals surface area contributed by atoms with Crippen molar-refractivity contribution >= 4 is 27.3 Å². The summed E-state index contributed by atoms with van der Waals surface area (Å²) in [6, 6.07) is 10.4. The molecule has 1 N–H and O–H groups in total. The van der Waals surface area contributed by atoms with Gasteiger partial charge in [-0.15, -0.1) is 11.3 Å². The summed E-state index contributed by atoms with van der Waals surface area (Å²) in [6.07, 6.45) is -0.950. The Bertz CT molecular complexity index is 850. The lowest BCUT2D eigenvalue weighted by atomic mass is 10.2. The SMILES string of the molecule is COc1ccc(CN2CC(O)CN(S(=O)(=O)c3cccs3)CC2=O)cc1. The maximum atomic E-state index is 12.7. The smallest absolute Gasteiger partial charge is 0.253 e. The highest BCUT2D eigenvalue weighted by Crippen LogP contribution is 2.23. The van der Waals surface area contributed by atoms with Crippen LogP contribution in [0, 0.1) is 0 Å². The van der Waals surface area contributed by atoms with Gasteiger partial charge in [-0.05, 0) is 29.1 Å². The van der Waals surface area contributed by atoms with E-state index in [4.69, 9.17) is 4.74 Å². The van der Waals surface area contributed by atoms with Crippen LogP contribution in [0.5, 0.6) is 5.75 Å². The van der Waals surface area contributed by atoms with Gasteiger partial charge in [-0.25, -0.2) is 8.42 Å². The quantitative estimate of drug-likeness (QED) is 0.819. The van der Waals surface area contributed by atoms with Gasteiger partial charge in [0.2, 0.25) is 5.91 Å². The molecule has 1 aromatic heterocycles. The molecule has 0 bridgehead atoms.